The van der Waals surface area contributed by atoms with Gasteiger partial charge in [-0.15, -0.1) is 0 Å². The van der Waals surface area contributed by atoms with Crippen molar-refractivity contribution in [2.24, 2.45) is 0 Å². The molecule has 0 unspecified atom stereocenters. The third-order valence-electron chi connectivity index (χ3n) is 4.42. The van der Waals surface area contributed by atoms with Crippen molar-refractivity contribution < 1.29 is 9.90 Å². The van der Waals surface area contributed by atoms with E-state index in [0.717, 1.165) is 43.8 Å². The summed E-state index contributed by atoms with van der Waals surface area (Å²) in [5, 5.41) is 9.58. The summed E-state index contributed by atoms with van der Waals surface area (Å²) in [6, 6.07) is 4.11. The Morgan fingerprint density at radius 3 is 2.83 bits per heavy atom. The van der Waals surface area contributed by atoms with Crippen LogP contribution in [0.4, 0.5) is 0 Å². The molecule has 0 aromatic carbocycles. The number of carboxylic acids is 1. The zero-order valence-electron chi connectivity index (χ0n) is 13.2. The first-order valence-corrected chi connectivity index (χ1v) is 8.16. The summed E-state index contributed by atoms with van der Waals surface area (Å²) in [6.45, 7) is 2.85. The molecule has 0 aliphatic carbocycles. The Labute approximate surface area is 140 Å². The standard InChI is InChI=1S/C16H21ClN4O2/c1-19(11-16(22)23)14-4-6-20(7-5-14)9-13-10-21-8-12(17)2-3-15(21)18-13/h2-3,8,10,14H,4-7,9,11H2,1H3,(H,22,23). The van der Waals surface area contributed by atoms with Gasteiger partial charge in [-0.3, -0.25) is 14.6 Å². The number of carboxylic acid groups (broad SMARTS) is 1. The molecule has 3 rings (SSSR count). The van der Waals surface area contributed by atoms with Crippen LogP contribution in [0.1, 0.15) is 18.5 Å². The second kappa shape index (κ2) is 6.86. The van der Waals surface area contributed by atoms with E-state index in [4.69, 9.17) is 16.7 Å². The molecule has 2 aromatic rings. The molecule has 2 aromatic heterocycles. The second-order valence-corrected chi connectivity index (χ2v) is 6.60. The summed E-state index contributed by atoms with van der Waals surface area (Å²) in [4.78, 5) is 19.7. The van der Waals surface area contributed by atoms with Gasteiger partial charge >= 0.3 is 5.97 Å². The highest BCUT2D eigenvalue weighted by Gasteiger charge is 2.23. The van der Waals surface area contributed by atoms with Gasteiger partial charge in [-0.2, -0.15) is 0 Å². The van der Waals surface area contributed by atoms with E-state index >= 15 is 0 Å². The molecule has 0 amide bonds. The number of nitrogens with zero attached hydrogens (tertiary/aromatic N) is 4. The Bertz CT molecular complexity index is 694. The molecule has 3 heterocycles. The van der Waals surface area contributed by atoms with E-state index in [9.17, 15) is 4.79 Å². The number of hydrogen-bond acceptors (Lipinski definition) is 4. The highest BCUT2D eigenvalue weighted by molar-refractivity contribution is 6.30. The van der Waals surface area contributed by atoms with Crippen molar-refractivity contribution in [3.8, 4) is 0 Å². The van der Waals surface area contributed by atoms with E-state index < -0.39 is 5.97 Å². The molecule has 0 radical (unpaired) electrons. The lowest BCUT2D eigenvalue weighted by Gasteiger charge is -2.35. The second-order valence-electron chi connectivity index (χ2n) is 6.16. The first-order chi connectivity index (χ1) is 11.0. The fraction of sp³-hybridized carbons (Fsp3) is 0.500. The molecule has 1 N–H and O–H groups in total. The highest BCUT2D eigenvalue weighted by atomic mass is 35.5. The number of rotatable bonds is 5. The average Bonchev–Trinajstić information content (AvgIpc) is 2.88. The van der Waals surface area contributed by atoms with Gasteiger partial charge in [0.2, 0.25) is 0 Å². The van der Waals surface area contributed by atoms with Crippen LogP contribution in [0.5, 0.6) is 0 Å². The Morgan fingerprint density at radius 2 is 2.13 bits per heavy atom. The van der Waals surface area contributed by atoms with Crippen molar-refractivity contribution in [1.82, 2.24) is 19.2 Å². The first kappa shape index (κ1) is 16.2. The third kappa shape index (κ3) is 4.02. The maximum atomic E-state index is 10.8. The summed E-state index contributed by atoms with van der Waals surface area (Å²) in [7, 11) is 1.89. The van der Waals surface area contributed by atoms with Gasteiger partial charge in [-0.05, 0) is 32.0 Å². The van der Waals surface area contributed by atoms with E-state index in [0.29, 0.717) is 11.1 Å². The van der Waals surface area contributed by atoms with Crippen LogP contribution >= 0.6 is 11.6 Å². The number of aliphatic carboxylic acids is 1. The summed E-state index contributed by atoms with van der Waals surface area (Å²) in [5.74, 6) is -0.765. The van der Waals surface area contributed by atoms with Crippen LogP contribution in [0.25, 0.3) is 5.65 Å². The number of hydrogen-bond donors (Lipinski definition) is 1. The fourth-order valence-electron chi connectivity index (χ4n) is 3.18. The molecular weight excluding hydrogens is 316 g/mol. The predicted octanol–water partition coefficient (Wildman–Crippen LogP) is 1.97. The molecular formula is C16H21ClN4O2. The van der Waals surface area contributed by atoms with E-state index in [1.165, 1.54) is 0 Å². The van der Waals surface area contributed by atoms with Gasteiger partial charge in [0.25, 0.3) is 0 Å². The van der Waals surface area contributed by atoms with Crippen molar-refractivity contribution in [3.63, 3.8) is 0 Å². The molecule has 6 nitrogen and oxygen atoms in total. The monoisotopic (exact) mass is 336 g/mol. The lowest BCUT2D eigenvalue weighted by Crippen LogP contribution is -2.44. The average molecular weight is 337 g/mol. The number of likely N-dealkylation sites (N-methyl/N-ethyl adjacent to an activating group) is 1. The van der Waals surface area contributed by atoms with Gasteiger partial charge in [0, 0.05) is 38.1 Å². The van der Waals surface area contributed by atoms with Crippen molar-refractivity contribution in [1.29, 1.82) is 0 Å². The third-order valence-corrected chi connectivity index (χ3v) is 4.64. The minimum Gasteiger partial charge on any atom is -0.480 e. The molecule has 0 saturated carbocycles. The van der Waals surface area contributed by atoms with Gasteiger partial charge < -0.3 is 9.51 Å². The largest absolute Gasteiger partial charge is 0.480 e. The van der Waals surface area contributed by atoms with Crippen LogP contribution in [0, 0.1) is 0 Å². The SMILES string of the molecule is CN(CC(=O)O)C1CCN(Cc2cn3cc(Cl)ccc3n2)CC1. The van der Waals surface area contributed by atoms with Crippen LogP contribution in [0.3, 0.4) is 0 Å². The lowest BCUT2D eigenvalue weighted by molar-refractivity contribution is -0.138. The van der Waals surface area contributed by atoms with Crippen molar-refractivity contribution in [2.75, 3.05) is 26.7 Å². The summed E-state index contributed by atoms with van der Waals surface area (Å²) in [6.07, 6.45) is 5.86. The highest BCUT2D eigenvalue weighted by Crippen LogP contribution is 2.18. The van der Waals surface area contributed by atoms with E-state index in [-0.39, 0.29) is 6.54 Å². The van der Waals surface area contributed by atoms with Crippen molar-refractivity contribution in [2.45, 2.75) is 25.4 Å². The van der Waals surface area contributed by atoms with Gasteiger partial charge in [-0.1, -0.05) is 11.6 Å². The van der Waals surface area contributed by atoms with Crippen LogP contribution in [-0.2, 0) is 11.3 Å². The van der Waals surface area contributed by atoms with E-state index in [1.54, 1.807) is 0 Å². The maximum absolute atomic E-state index is 10.8. The molecule has 124 valence electrons. The van der Waals surface area contributed by atoms with E-state index in [1.807, 2.05) is 40.9 Å². The number of fused-ring (bicyclic) bond motifs is 1. The number of pyridine rings is 1. The zero-order chi connectivity index (χ0) is 16.4. The normalized spacial score (nSPS) is 17.2. The number of imidazole rings is 1. The minimum absolute atomic E-state index is 0.109. The van der Waals surface area contributed by atoms with Crippen molar-refractivity contribution >= 4 is 23.2 Å². The smallest absolute Gasteiger partial charge is 0.317 e. The van der Waals surface area contributed by atoms with Gasteiger partial charge in [0.15, 0.2) is 0 Å². The maximum Gasteiger partial charge on any atom is 0.317 e. The van der Waals surface area contributed by atoms with Crippen LogP contribution in [0.2, 0.25) is 5.02 Å². The lowest BCUT2D eigenvalue weighted by atomic mass is 10.0. The zero-order valence-corrected chi connectivity index (χ0v) is 13.9. The molecule has 0 bridgehead atoms. The molecule has 23 heavy (non-hydrogen) atoms. The quantitative estimate of drug-likeness (QED) is 0.904. The van der Waals surface area contributed by atoms with E-state index in [2.05, 4.69) is 9.88 Å². The van der Waals surface area contributed by atoms with Crippen molar-refractivity contribution in [3.05, 3.63) is 35.2 Å². The Balaban J connectivity index is 1.56. The topological polar surface area (TPSA) is 61.1 Å². The number of likely N-dealkylation sites (tertiary alicyclic amines) is 1. The Hall–Kier alpha value is -1.63. The summed E-state index contributed by atoms with van der Waals surface area (Å²) >= 11 is 6.00. The molecule has 7 heteroatoms. The van der Waals surface area contributed by atoms with Crippen LogP contribution in [-0.4, -0.2) is 63.0 Å². The number of aromatic nitrogens is 2. The van der Waals surface area contributed by atoms with Gasteiger partial charge in [-0.25, -0.2) is 4.98 Å². The predicted molar refractivity (Wildman–Crippen MR) is 88.8 cm³/mol. The van der Waals surface area contributed by atoms with Crippen LogP contribution < -0.4 is 0 Å². The molecule has 1 saturated heterocycles. The summed E-state index contributed by atoms with van der Waals surface area (Å²) < 4.78 is 1.95. The van der Waals surface area contributed by atoms with Gasteiger partial charge in [0.1, 0.15) is 5.65 Å². The molecule has 0 atom stereocenters. The molecule has 1 fully saturated rings. The molecule has 1 aliphatic heterocycles. The Morgan fingerprint density at radius 1 is 1.39 bits per heavy atom. The number of carbonyl (C=O) groups is 1. The van der Waals surface area contributed by atoms with Gasteiger partial charge in [0.05, 0.1) is 17.3 Å². The minimum atomic E-state index is -0.765. The Kier molecular flexibility index (Phi) is 4.84. The number of halogens is 1. The molecule has 1 aliphatic rings. The van der Waals surface area contributed by atoms with Crippen LogP contribution in [0.15, 0.2) is 24.5 Å². The first-order valence-electron chi connectivity index (χ1n) is 7.79. The molecule has 0 spiro atoms. The summed E-state index contributed by atoms with van der Waals surface area (Å²) in [5.41, 5.74) is 1.94. The number of piperidine rings is 1. The fourth-order valence-corrected chi connectivity index (χ4v) is 3.35.